The molecule has 1 N–H and O–H groups in total. The first-order valence-electron chi connectivity index (χ1n) is 12.3. The van der Waals surface area contributed by atoms with E-state index in [1.165, 1.54) is 5.56 Å². The van der Waals surface area contributed by atoms with Crippen LogP contribution >= 0.6 is 11.6 Å². The molecule has 0 aromatic heterocycles. The summed E-state index contributed by atoms with van der Waals surface area (Å²) >= 11 is 6.79. The zero-order chi connectivity index (χ0) is 23.8. The molecule has 1 aliphatic heterocycles. The zero-order valence-corrected chi connectivity index (χ0v) is 21.0. The van der Waals surface area contributed by atoms with Crippen molar-refractivity contribution in [1.82, 2.24) is 4.90 Å². The number of nitrogens with zero attached hydrogens (tertiary/aromatic N) is 1. The van der Waals surface area contributed by atoms with Crippen molar-refractivity contribution in [3.63, 3.8) is 0 Å². The number of aliphatic hydroxyl groups is 1. The number of hydrogen-bond acceptors (Lipinski definition) is 3. The van der Waals surface area contributed by atoms with Crippen LogP contribution in [0.3, 0.4) is 0 Å². The lowest BCUT2D eigenvalue weighted by atomic mass is 9.72. The number of unbranched alkanes of at least 4 members (excludes halogenated alkanes) is 1. The van der Waals surface area contributed by atoms with Crippen molar-refractivity contribution in [2.75, 3.05) is 26.8 Å². The monoisotopic (exact) mass is 471 g/mol. The van der Waals surface area contributed by atoms with Crippen molar-refractivity contribution >= 4 is 17.5 Å². The lowest BCUT2D eigenvalue weighted by Crippen LogP contribution is -2.48. The molecule has 1 amide bonds. The first-order valence-corrected chi connectivity index (χ1v) is 12.7. The fraction of sp³-hybridized carbons (Fsp3) is 0.536. The summed E-state index contributed by atoms with van der Waals surface area (Å²) < 4.78 is 5.25. The first kappa shape index (κ1) is 25.7. The molecule has 33 heavy (non-hydrogen) atoms. The van der Waals surface area contributed by atoms with Gasteiger partial charge in [-0.3, -0.25) is 4.79 Å². The van der Waals surface area contributed by atoms with Crippen LogP contribution in [0.15, 0.2) is 42.5 Å². The standard InChI is InChI=1S/C28H38ClNO3/c1-4-21-11-8-12-22(19-21)27-24(14-9-15-25(27)29)28(32,16-6-7-18-33-3)23-13-10-17-30(20-23)26(31)5-2/h8-9,11-12,14-15,19,23,32H,4-7,10,13,16-18,20H2,1-3H3/t23-,28+/m1/s1. The number of methoxy groups -OCH3 is 1. The van der Waals surface area contributed by atoms with Gasteiger partial charge in [-0.1, -0.05) is 61.8 Å². The Kier molecular flexibility index (Phi) is 9.37. The van der Waals surface area contributed by atoms with Crippen LogP contribution in [-0.4, -0.2) is 42.7 Å². The number of piperidine rings is 1. The van der Waals surface area contributed by atoms with Gasteiger partial charge in [0.15, 0.2) is 0 Å². The van der Waals surface area contributed by atoms with Crippen LogP contribution in [0.5, 0.6) is 0 Å². The predicted molar refractivity (Wildman–Crippen MR) is 135 cm³/mol. The Morgan fingerprint density at radius 1 is 1.21 bits per heavy atom. The molecular formula is C28H38ClNO3. The maximum Gasteiger partial charge on any atom is 0.222 e. The molecule has 5 heteroatoms. The van der Waals surface area contributed by atoms with Crippen molar-refractivity contribution in [2.45, 2.75) is 64.4 Å². The molecule has 3 rings (SSSR count). The van der Waals surface area contributed by atoms with Gasteiger partial charge in [0.1, 0.15) is 0 Å². The summed E-state index contributed by atoms with van der Waals surface area (Å²) in [6, 6.07) is 14.3. The van der Waals surface area contributed by atoms with Gasteiger partial charge in [0.25, 0.3) is 0 Å². The molecular weight excluding hydrogens is 434 g/mol. The molecule has 0 spiro atoms. The predicted octanol–water partition coefficient (Wildman–Crippen LogP) is 6.22. The van der Waals surface area contributed by atoms with E-state index in [0.29, 0.717) is 31.0 Å². The Bertz CT molecular complexity index is 931. The molecule has 0 bridgehead atoms. The van der Waals surface area contributed by atoms with E-state index in [2.05, 4.69) is 31.2 Å². The van der Waals surface area contributed by atoms with Crippen LogP contribution in [-0.2, 0) is 21.6 Å². The topological polar surface area (TPSA) is 49.8 Å². The fourth-order valence-electron chi connectivity index (χ4n) is 5.14. The van der Waals surface area contributed by atoms with Gasteiger partial charge in [0, 0.05) is 49.7 Å². The van der Waals surface area contributed by atoms with Crippen LogP contribution < -0.4 is 0 Å². The highest BCUT2D eigenvalue weighted by molar-refractivity contribution is 6.33. The molecule has 0 radical (unpaired) electrons. The van der Waals surface area contributed by atoms with Crippen LogP contribution in [0.2, 0.25) is 5.02 Å². The van der Waals surface area contributed by atoms with E-state index >= 15 is 0 Å². The third-order valence-electron chi connectivity index (χ3n) is 7.01. The lowest BCUT2D eigenvalue weighted by molar-refractivity contribution is -0.136. The van der Waals surface area contributed by atoms with Gasteiger partial charge in [-0.15, -0.1) is 0 Å². The third-order valence-corrected chi connectivity index (χ3v) is 7.33. The number of halogens is 1. The lowest BCUT2D eigenvalue weighted by Gasteiger charge is -2.44. The summed E-state index contributed by atoms with van der Waals surface area (Å²) in [4.78, 5) is 14.4. The van der Waals surface area contributed by atoms with Gasteiger partial charge in [0.2, 0.25) is 5.91 Å². The number of carbonyl (C=O) groups is 1. The molecule has 1 heterocycles. The highest BCUT2D eigenvalue weighted by atomic mass is 35.5. The normalized spacial score (nSPS) is 18.2. The second-order valence-corrected chi connectivity index (χ2v) is 9.53. The first-order chi connectivity index (χ1) is 15.9. The van der Waals surface area contributed by atoms with E-state index in [9.17, 15) is 9.90 Å². The van der Waals surface area contributed by atoms with E-state index < -0.39 is 5.60 Å². The minimum atomic E-state index is -1.08. The highest BCUT2D eigenvalue weighted by Gasteiger charge is 2.42. The Hall–Kier alpha value is -1.88. The summed E-state index contributed by atoms with van der Waals surface area (Å²) in [6.45, 7) is 6.05. The largest absolute Gasteiger partial charge is 0.385 e. The van der Waals surface area contributed by atoms with E-state index in [0.717, 1.165) is 55.3 Å². The third kappa shape index (κ3) is 5.98. The van der Waals surface area contributed by atoms with Crippen LogP contribution in [0.25, 0.3) is 11.1 Å². The second kappa shape index (κ2) is 12.0. The van der Waals surface area contributed by atoms with Crippen molar-refractivity contribution in [3.05, 3.63) is 58.6 Å². The van der Waals surface area contributed by atoms with E-state index in [1.807, 2.05) is 30.0 Å². The smallest absolute Gasteiger partial charge is 0.222 e. The molecule has 0 saturated carbocycles. The molecule has 2 aromatic rings. The quantitative estimate of drug-likeness (QED) is 0.418. The molecule has 1 fully saturated rings. The molecule has 180 valence electrons. The molecule has 1 saturated heterocycles. The van der Waals surface area contributed by atoms with Crippen molar-refractivity contribution in [1.29, 1.82) is 0 Å². The summed E-state index contributed by atoms with van der Waals surface area (Å²) in [7, 11) is 1.71. The SMILES string of the molecule is CCC(=O)N1CCC[C@@H]([C@@](O)(CCCCOC)c2cccc(Cl)c2-c2cccc(CC)c2)C1. The number of aryl methyl sites for hydroxylation is 1. The number of benzene rings is 2. The zero-order valence-electron chi connectivity index (χ0n) is 20.3. The van der Waals surface area contributed by atoms with E-state index in [4.69, 9.17) is 16.3 Å². The molecule has 2 atom stereocenters. The van der Waals surface area contributed by atoms with Gasteiger partial charge in [-0.05, 0) is 61.3 Å². The molecule has 4 nitrogen and oxygen atoms in total. The van der Waals surface area contributed by atoms with Crippen molar-refractivity contribution in [3.8, 4) is 11.1 Å². The number of rotatable bonds is 10. The minimum absolute atomic E-state index is 0.0455. The highest BCUT2D eigenvalue weighted by Crippen LogP contribution is 2.46. The molecule has 1 aliphatic rings. The summed E-state index contributed by atoms with van der Waals surface area (Å²) in [5.74, 6) is 0.110. The summed E-state index contributed by atoms with van der Waals surface area (Å²) in [6.07, 6.45) is 5.54. The van der Waals surface area contributed by atoms with Crippen LogP contribution in [0.4, 0.5) is 0 Å². The van der Waals surface area contributed by atoms with Crippen LogP contribution in [0, 0.1) is 5.92 Å². The van der Waals surface area contributed by atoms with Gasteiger partial charge in [0.05, 0.1) is 5.60 Å². The maximum absolute atomic E-state index is 12.5. The van der Waals surface area contributed by atoms with Crippen molar-refractivity contribution < 1.29 is 14.6 Å². The number of carbonyl (C=O) groups excluding carboxylic acids is 1. The Morgan fingerprint density at radius 2 is 2.00 bits per heavy atom. The molecule has 0 unspecified atom stereocenters. The van der Waals surface area contributed by atoms with E-state index in [1.54, 1.807) is 7.11 Å². The maximum atomic E-state index is 12.5. The van der Waals surface area contributed by atoms with Crippen molar-refractivity contribution in [2.24, 2.45) is 5.92 Å². The summed E-state index contributed by atoms with van der Waals surface area (Å²) in [5, 5.41) is 13.1. The van der Waals surface area contributed by atoms with Gasteiger partial charge >= 0.3 is 0 Å². The number of amides is 1. The van der Waals surface area contributed by atoms with Gasteiger partial charge in [-0.25, -0.2) is 0 Å². The fourth-order valence-corrected chi connectivity index (χ4v) is 5.43. The Labute approximate surface area is 203 Å². The summed E-state index contributed by atoms with van der Waals surface area (Å²) in [5.41, 5.74) is 2.96. The average molecular weight is 472 g/mol. The average Bonchev–Trinajstić information content (AvgIpc) is 2.86. The van der Waals surface area contributed by atoms with E-state index in [-0.39, 0.29) is 11.8 Å². The molecule has 2 aromatic carbocycles. The number of likely N-dealkylation sites (tertiary alicyclic amines) is 1. The minimum Gasteiger partial charge on any atom is -0.385 e. The second-order valence-electron chi connectivity index (χ2n) is 9.12. The molecule has 0 aliphatic carbocycles. The Morgan fingerprint density at radius 3 is 2.73 bits per heavy atom. The number of ether oxygens (including phenoxy) is 1. The van der Waals surface area contributed by atoms with Gasteiger partial charge < -0.3 is 14.7 Å². The number of hydrogen-bond donors (Lipinski definition) is 1. The Balaban J connectivity index is 2.07. The van der Waals surface area contributed by atoms with Crippen LogP contribution in [0.1, 0.15) is 63.5 Å². The van der Waals surface area contributed by atoms with Gasteiger partial charge in [-0.2, -0.15) is 0 Å².